The summed E-state index contributed by atoms with van der Waals surface area (Å²) in [7, 11) is 0. The normalized spacial score (nSPS) is 11.0. The highest BCUT2D eigenvalue weighted by Gasteiger charge is 2.08. The topological polar surface area (TPSA) is 67.5 Å². The summed E-state index contributed by atoms with van der Waals surface area (Å²) in [5, 5.41) is 9.93. The van der Waals surface area contributed by atoms with Gasteiger partial charge in [0.05, 0.1) is 0 Å². The van der Waals surface area contributed by atoms with Crippen LogP contribution in [0, 0.1) is 6.92 Å². The minimum absolute atomic E-state index is 0.0306. The molecule has 5 nitrogen and oxygen atoms in total. The second-order valence-electron chi connectivity index (χ2n) is 5.63. The zero-order valence-electron chi connectivity index (χ0n) is 13.1. The number of fused-ring (bicyclic) bond motifs is 1. The smallest absolute Gasteiger partial charge is 0.258 e. The van der Waals surface area contributed by atoms with Crippen LogP contribution in [0.1, 0.15) is 29.9 Å². The van der Waals surface area contributed by atoms with Gasteiger partial charge in [-0.15, -0.1) is 0 Å². The van der Waals surface area contributed by atoms with Crippen LogP contribution in [0.25, 0.3) is 5.65 Å². The van der Waals surface area contributed by atoms with Gasteiger partial charge in [-0.1, -0.05) is 6.07 Å². The van der Waals surface area contributed by atoms with E-state index in [4.69, 9.17) is 0 Å². The maximum absolute atomic E-state index is 12.2. The fraction of sp³-hybridized carbons (Fsp3) is 0.278. The molecule has 5 heteroatoms. The van der Waals surface area contributed by atoms with Crippen molar-refractivity contribution in [3.05, 3.63) is 70.0 Å². The summed E-state index contributed by atoms with van der Waals surface area (Å²) < 4.78 is 1.44. The van der Waals surface area contributed by atoms with Crippen molar-refractivity contribution in [3.8, 4) is 5.75 Å². The van der Waals surface area contributed by atoms with E-state index in [9.17, 15) is 9.90 Å². The molecule has 23 heavy (non-hydrogen) atoms. The minimum atomic E-state index is -0.150. The fourth-order valence-electron chi connectivity index (χ4n) is 2.68. The molecule has 3 rings (SSSR count). The second-order valence-corrected chi connectivity index (χ2v) is 5.63. The lowest BCUT2D eigenvalue weighted by molar-refractivity contribution is 0.476. The van der Waals surface area contributed by atoms with Crippen LogP contribution in [0.4, 0.5) is 0 Å². The number of aromatic nitrogens is 3. The third-order valence-electron chi connectivity index (χ3n) is 3.88. The van der Waals surface area contributed by atoms with E-state index >= 15 is 0 Å². The molecule has 118 valence electrons. The molecule has 0 radical (unpaired) electrons. The van der Waals surface area contributed by atoms with Gasteiger partial charge in [-0.25, -0.2) is 4.98 Å². The van der Waals surface area contributed by atoms with Crippen molar-refractivity contribution in [1.29, 1.82) is 0 Å². The molecule has 0 aliphatic rings. The Hall–Kier alpha value is -2.69. The largest absolute Gasteiger partial charge is 0.504 e. The van der Waals surface area contributed by atoms with Crippen LogP contribution in [0.2, 0.25) is 0 Å². The lowest BCUT2D eigenvalue weighted by Gasteiger charge is -2.08. The summed E-state index contributed by atoms with van der Waals surface area (Å²) in [4.78, 5) is 21.0. The van der Waals surface area contributed by atoms with E-state index in [0.29, 0.717) is 12.1 Å². The van der Waals surface area contributed by atoms with Gasteiger partial charge in [0.15, 0.2) is 11.4 Å². The summed E-state index contributed by atoms with van der Waals surface area (Å²) in [6.45, 7) is 1.82. The SMILES string of the molecule is Cc1ccc(O)c2nc(CCCCc3ccccn3)cc(=O)n12. The third-order valence-corrected chi connectivity index (χ3v) is 3.88. The van der Waals surface area contributed by atoms with Crippen LogP contribution in [0.5, 0.6) is 5.75 Å². The molecule has 3 aromatic heterocycles. The van der Waals surface area contributed by atoms with E-state index in [0.717, 1.165) is 36.3 Å². The number of hydrogen-bond acceptors (Lipinski definition) is 4. The number of pyridine rings is 2. The number of aromatic hydroxyl groups is 1. The van der Waals surface area contributed by atoms with Crippen LogP contribution < -0.4 is 5.56 Å². The molecular weight excluding hydrogens is 290 g/mol. The van der Waals surface area contributed by atoms with E-state index in [1.165, 1.54) is 4.40 Å². The molecule has 0 unspecified atom stereocenters. The van der Waals surface area contributed by atoms with Crippen LogP contribution in [0.15, 0.2) is 47.4 Å². The molecular formula is C18H19N3O2. The van der Waals surface area contributed by atoms with Crippen LogP contribution in [-0.2, 0) is 12.8 Å². The Kier molecular flexibility index (Phi) is 4.37. The quantitative estimate of drug-likeness (QED) is 0.736. The molecule has 0 atom stereocenters. The summed E-state index contributed by atoms with van der Waals surface area (Å²) >= 11 is 0. The van der Waals surface area contributed by atoms with Gasteiger partial charge in [-0.3, -0.25) is 14.2 Å². The first kappa shape index (κ1) is 15.2. The number of rotatable bonds is 5. The van der Waals surface area contributed by atoms with Gasteiger partial charge < -0.3 is 5.11 Å². The van der Waals surface area contributed by atoms with Crippen molar-refractivity contribution < 1.29 is 5.11 Å². The van der Waals surface area contributed by atoms with Gasteiger partial charge in [0.1, 0.15) is 0 Å². The molecule has 3 heterocycles. The first-order chi connectivity index (χ1) is 11.1. The van der Waals surface area contributed by atoms with E-state index < -0.39 is 0 Å². The molecule has 3 aromatic rings. The highest BCUT2D eigenvalue weighted by atomic mass is 16.3. The zero-order chi connectivity index (χ0) is 16.2. The highest BCUT2D eigenvalue weighted by molar-refractivity contribution is 5.53. The molecule has 0 spiro atoms. The van der Waals surface area contributed by atoms with Gasteiger partial charge >= 0.3 is 0 Å². The van der Waals surface area contributed by atoms with Gasteiger partial charge in [0, 0.05) is 29.3 Å². The van der Waals surface area contributed by atoms with Crippen LogP contribution in [-0.4, -0.2) is 19.5 Å². The summed E-state index contributed by atoms with van der Waals surface area (Å²) in [6.07, 6.45) is 5.33. The van der Waals surface area contributed by atoms with Crippen molar-refractivity contribution in [2.45, 2.75) is 32.6 Å². The number of aryl methyl sites for hydroxylation is 3. The molecule has 0 aliphatic heterocycles. The standard InChI is InChI=1S/C18H19N3O2/c1-13-9-10-16(22)18-20-15(12-17(23)21(13)18)8-3-2-6-14-7-4-5-11-19-14/h4-5,7,9-12,22H,2-3,6,8H2,1H3. The molecule has 0 bridgehead atoms. The maximum Gasteiger partial charge on any atom is 0.258 e. The second kappa shape index (κ2) is 6.60. The Balaban J connectivity index is 1.71. The van der Waals surface area contributed by atoms with Crippen molar-refractivity contribution in [1.82, 2.24) is 14.4 Å². The molecule has 0 saturated carbocycles. The molecule has 0 aliphatic carbocycles. The lowest BCUT2D eigenvalue weighted by Crippen LogP contribution is -2.17. The van der Waals surface area contributed by atoms with Crippen molar-refractivity contribution in [3.63, 3.8) is 0 Å². The molecule has 0 amide bonds. The number of nitrogens with zero attached hydrogens (tertiary/aromatic N) is 3. The Bertz CT molecular complexity index is 873. The Morgan fingerprint density at radius 2 is 1.87 bits per heavy atom. The third kappa shape index (κ3) is 3.39. The molecule has 0 saturated heterocycles. The Labute approximate surface area is 134 Å². The van der Waals surface area contributed by atoms with E-state index in [2.05, 4.69) is 9.97 Å². The predicted molar refractivity (Wildman–Crippen MR) is 88.7 cm³/mol. The number of hydrogen-bond donors (Lipinski definition) is 1. The van der Waals surface area contributed by atoms with E-state index in [1.807, 2.05) is 25.1 Å². The summed E-state index contributed by atoms with van der Waals surface area (Å²) in [5.41, 5.74) is 2.74. The molecule has 1 N–H and O–H groups in total. The van der Waals surface area contributed by atoms with Crippen LogP contribution >= 0.6 is 0 Å². The zero-order valence-corrected chi connectivity index (χ0v) is 13.1. The summed E-state index contributed by atoms with van der Waals surface area (Å²) in [6, 6.07) is 10.7. The van der Waals surface area contributed by atoms with Crippen LogP contribution in [0.3, 0.4) is 0 Å². The minimum Gasteiger partial charge on any atom is -0.504 e. The number of unbranched alkanes of at least 4 members (excludes halogenated alkanes) is 1. The van der Waals surface area contributed by atoms with Crippen molar-refractivity contribution >= 4 is 5.65 Å². The maximum atomic E-state index is 12.2. The van der Waals surface area contributed by atoms with Crippen molar-refractivity contribution in [2.24, 2.45) is 0 Å². The van der Waals surface area contributed by atoms with Crippen molar-refractivity contribution in [2.75, 3.05) is 0 Å². The van der Waals surface area contributed by atoms with E-state index in [1.54, 1.807) is 24.4 Å². The highest BCUT2D eigenvalue weighted by Crippen LogP contribution is 2.17. The average Bonchev–Trinajstić information content (AvgIpc) is 2.56. The lowest BCUT2D eigenvalue weighted by atomic mass is 10.1. The monoisotopic (exact) mass is 309 g/mol. The fourth-order valence-corrected chi connectivity index (χ4v) is 2.68. The van der Waals surface area contributed by atoms with E-state index in [-0.39, 0.29) is 11.3 Å². The Morgan fingerprint density at radius 1 is 1.09 bits per heavy atom. The molecule has 0 fully saturated rings. The summed E-state index contributed by atoms with van der Waals surface area (Å²) in [5.74, 6) is 0.0306. The van der Waals surface area contributed by atoms with Gasteiger partial charge in [-0.2, -0.15) is 0 Å². The molecule has 0 aromatic carbocycles. The van der Waals surface area contributed by atoms with Gasteiger partial charge in [0.25, 0.3) is 5.56 Å². The Morgan fingerprint density at radius 3 is 2.61 bits per heavy atom. The average molecular weight is 309 g/mol. The van der Waals surface area contributed by atoms with Gasteiger partial charge in [0.2, 0.25) is 0 Å². The first-order valence-electron chi connectivity index (χ1n) is 7.76. The van der Waals surface area contributed by atoms with Gasteiger partial charge in [-0.05, 0) is 56.9 Å². The predicted octanol–water partition coefficient (Wildman–Crippen LogP) is 2.67. The first-order valence-corrected chi connectivity index (χ1v) is 7.76.